The zero-order chi connectivity index (χ0) is 18.1. The Morgan fingerprint density at radius 1 is 1.00 bits per heavy atom. The van der Waals surface area contributed by atoms with Crippen LogP contribution in [0.25, 0.3) is 11.5 Å². The Labute approximate surface area is 150 Å². The molecule has 4 rings (SSSR count). The number of fused-ring (bicyclic) bond motifs is 1. The molecule has 0 radical (unpaired) electrons. The second kappa shape index (κ2) is 6.34. The Hall–Kier alpha value is -3.07. The van der Waals surface area contributed by atoms with Crippen LogP contribution >= 0.6 is 0 Å². The zero-order valence-corrected chi connectivity index (χ0v) is 14.0. The smallest absolute Gasteiger partial charge is 0.219 e. The van der Waals surface area contributed by atoms with Crippen LogP contribution < -0.4 is 26.8 Å². The van der Waals surface area contributed by atoms with Crippen LogP contribution in [0, 0.1) is 0 Å². The van der Waals surface area contributed by atoms with Gasteiger partial charge in [0.25, 0.3) is 0 Å². The predicted molar refractivity (Wildman–Crippen MR) is 97.6 cm³/mol. The van der Waals surface area contributed by atoms with Gasteiger partial charge in [-0.15, -0.1) is 0 Å². The second-order valence-corrected chi connectivity index (χ2v) is 6.18. The third-order valence-electron chi connectivity index (χ3n) is 4.05. The first-order valence-electron chi connectivity index (χ1n) is 8.14. The third kappa shape index (κ3) is 3.08. The minimum Gasteiger partial charge on any atom is -0.460 e. The number of ether oxygens (including phenoxy) is 1. The van der Waals surface area contributed by atoms with Crippen LogP contribution in [0.1, 0.15) is 5.56 Å². The molecule has 0 saturated heterocycles. The molecule has 0 saturated carbocycles. The van der Waals surface area contributed by atoms with E-state index in [0.29, 0.717) is 29.6 Å². The van der Waals surface area contributed by atoms with E-state index in [2.05, 4.69) is 15.0 Å². The summed E-state index contributed by atoms with van der Waals surface area (Å²) in [5.74, 6) is -0.0134. The minimum atomic E-state index is -1.57. The molecule has 1 aliphatic heterocycles. The number of nitrogens with two attached hydrogens (primary N) is 3. The highest BCUT2D eigenvalue weighted by Crippen LogP contribution is 2.38. The van der Waals surface area contributed by atoms with E-state index in [4.69, 9.17) is 21.9 Å². The van der Waals surface area contributed by atoms with Crippen LogP contribution in [0.5, 0.6) is 5.75 Å². The molecule has 3 heterocycles. The van der Waals surface area contributed by atoms with Gasteiger partial charge in [0.2, 0.25) is 6.23 Å². The van der Waals surface area contributed by atoms with Gasteiger partial charge in [-0.3, -0.25) is 22.2 Å². The van der Waals surface area contributed by atoms with Gasteiger partial charge >= 0.3 is 0 Å². The normalized spacial score (nSPS) is 16.3. The van der Waals surface area contributed by atoms with E-state index in [-0.39, 0.29) is 0 Å². The van der Waals surface area contributed by atoms with Crippen LogP contribution in [0.4, 0.5) is 5.82 Å². The van der Waals surface area contributed by atoms with Gasteiger partial charge in [0, 0.05) is 12.7 Å². The Kier molecular flexibility index (Phi) is 4.00. The van der Waals surface area contributed by atoms with Gasteiger partial charge in [0.05, 0.1) is 6.20 Å². The van der Waals surface area contributed by atoms with E-state index in [1.165, 1.54) is 0 Å². The van der Waals surface area contributed by atoms with Crippen LogP contribution in [0.15, 0.2) is 60.9 Å². The second-order valence-electron chi connectivity index (χ2n) is 6.18. The number of rotatable bonds is 4. The van der Waals surface area contributed by atoms with Crippen molar-refractivity contribution >= 4 is 5.82 Å². The zero-order valence-electron chi connectivity index (χ0n) is 14.0. The van der Waals surface area contributed by atoms with Crippen molar-refractivity contribution in [2.24, 2.45) is 17.2 Å². The summed E-state index contributed by atoms with van der Waals surface area (Å²) in [6.45, 7) is 0.491. The van der Waals surface area contributed by atoms with Crippen molar-refractivity contribution in [1.29, 1.82) is 0 Å². The highest BCUT2D eigenvalue weighted by atomic mass is 16.5. The molecule has 0 fully saturated rings. The predicted octanol–water partition coefficient (Wildman–Crippen LogP) is 0.794. The largest absolute Gasteiger partial charge is 0.460 e. The molecule has 1 aliphatic rings. The van der Waals surface area contributed by atoms with Crippen molar-refractivity contribution < 1.29 is 4.74 Å². The standard InChI is InChI=1S/C18H19N7O/c19-18(20,21)17-25(11-12-6-2-1-3-7-12)16-14(26-17)10-23-15(24-16)13-8-4-5-9-22-13/h1-10,17H,11,19-21H2. The maximum atomic E-state index is 5.94. The van der Waals surface area contributed by atoms with Gasteiger partial charge in [-0.2, -0.15) is 0 Å². The molecule has 2 aromatic heterocycles. The van der Waals surface area contributed by atoms with Crippen molar-refractivity contribution in [2.75, 3.05) is 4.90 Å². The quantitative estimate of drug-likeness (QED) is 0.590. The summed E-state index contributed by atoms with van der Waals surface area (Å²) < 4.78 is 5.85. The van der Waals surface area contributed by atoms with Gasteiger partial charge in [-0.05, 0) is 17.7 Å². The van der Waals surface area contributed by atoms with Crippen molar-refractivity contribution in [3.63, 3.8) is 0 Å². The third-order valence-corrected chi connectivity index (χ3v) is 4.05. The van der Waals surface area contributed by atoms with Crippen LogP contribution in [-0.4, -0.2) is 27.0 Å². The van der Waals surface area contributed by atoms with Gasteiger partial charge in [0.1, 0.15) is 5.69 Å². The Morgan fingerprint density at radius 2 is 1.77 bits per heavy atom. The maximum Gasteiger partial charge on any atom is 0.219 e. The van der Waals surface area contributed by atoms with Crippen molar-refractivity contribution in [3.8, 4) is 17.3 Å². The lowest BCUT2D eigenvalue weighted by Gasteiger charge is -2.33. The van der Waals surface area contributed by atoms with Gasteiger partial charge in [0.15, 0.2) is 23.2 Å². The molecule has 8 nitrogen and oxygen atoms in total. The van der Waals surface area contributed by atoms with Gasteiger partial charge < -0.3 is 9.64 Å². The van der Waals surface area contributed by atoms with Gasteiger partial charge in [-0.1, -0.05) is 36.4 Å². The van der Waals surface area contributed by atoms with E-state index in [1.54, 1.807) is 12.4 Å². The molecule has 0 bridgehead atoms. The SMILES string of the molecule is NC(N)(N)C1Oc2cnc(-c3ccccn3)nc2N1Cc1ccccc1. The first-order chi connectivity index (χ1) is 12.5. The van der Waals surface area contributed by atoms with E-state index >= 15 is 0 Å². The first-order valence-corrected chi connectivity index (χ1v) is 8.14. The van der Waals surface area contributed by atoms with Gasteiger partial charge in [-0.25, -0.2) is 9.97 Å². The lowest BCUT2D eigenvalue weighted by atomic mass is 10.2. The average molecular weight is 349 g/mol. The highest BCUT2D eigenvalue weighted by molar-refractivity contribution is 5.61. The minimum absolute atomic E-state index is 0.483. The number of anilines is 1. The van der Waals surface area contributed by atoms with Crippen molar-refractivity contribution in [1.82, 2.24) is 15.0 Å². The summed E-state index contributed by atoms with van der Waals surface area (Å²) >= 11 is 0. The number of benzene rings is 1. The summed E-state index contributed by atoms with van der Waals surface area (Å²) in [4.78, 5) is 15.1. The van der Waals surface area contributed by atoms with Crippen LogP contribution in [0.2, 0.25) is 0 Å². The molecule has 1 unspecified atom stereocenters. The maximum absolute atomic E-state index is 5.94. The molecular weight excluding hydrogens is 330 g/mol. The summed E-state index contributed by atoms with van der Waals surface area (Å²) in [6.07, 6.45) is 2.51. The van der Waals surface area contributed by atoms with E-state index in [1.807, 2.05) is 53.4 Å². The molecule has 3 aromatic rings. The first kappa shape index (κ1) is 16.4. The highest BCUT2D eigenvalue weighted by Gasteiger charge is 2.42. The Balaban J connectivity index is 1.75. The number of aromatic nitrogens is 3. The number of pyridine rings is 1. The van der Waals surface area contributed by atoms with E-state index < -0.39 is 12.0 Å². The molecule has 6 N–H and O–H groups in total. The molecule has 0 amide bonds. The molecule has 132 valence electrons. The monoisotopic (exact) mass is 349 g/mol. The lowest BCUT2D eigenvalue weighted by molar-refractivity contribution is 0.129. The summed E-state index contributed by atoms with van der Waals surface area (Å²) in [5, 5.41) is 0. The molecule has 0 aliphatic carbocycles. The summed E-state index contributed by atoms with van der Waals surface area (Å²) in [6, 6.07) is 15.4. The molecular formula is C18H19N7O. The molecule has 1 atom stereocenters. The van der Waals surface area contributed by atoms with Crippen molar-refractivity contribution in [2.45, 2.75) is 18.6 Å². The van der Waals surface area contributed by atoms with Crippen molar-refractivity contribution in [3.05, 3.63) is 66.5 Å². The molecule has 1 aromatic carbocycles. The number of hydrogen-bond acceptors (Lipinski definition) is 8. The summed E-state index contributed by atoms with van der Waals surface area (Å²) in [5.41, 5.74) is 19.5. The fourth-order valence-corrected chi connectivity index (χ4v) is 2.87. The number of hydrogen-bond donors (Lipinski definition) is 3. The topological polar surface area (TPSA) is 129 Å². The Bertz CT molecular complexity index is 896. The average Bonchev–Trinajstić information content (AvgIpc) is 3.01. The van der Waals surface area contributed by atoms with E-state index in [0.717, 1.165) is 5.56 Å². The fourth-order valence-electron chi connectivity index (χ4n) is 2.87. The molecule has 0 spiro atoms. The van der Waals surface area contributed by atoms with Crippen LogP contribution in [0.3, 0.4) is 0 Å². The van der Waals surface area contributed by atoms with E-state index in [9.17, 15) is 0 Å². The lowest BCUT2D eigenvalue weighted by Crippen LogP contribution is -2.71. The molecule has 26 heavy (non-hydrogen) atoms. The fraction of sp³-hybridized carbons (Fsp3) is 0.167. The summed E-state index contributed by atoms with van der Waals surface area (Å²) in [7, 11) is 0. The molecule has 8 heteroatoms. The Morgan fingerprint density at radius 3 is 2.46 bits per heavy atom. The number of nitrogens with zero attached hydrogens (tertiary/aromatic N) is 4. The van der Waals surface area contributed by atoms with Crippen LogP contribution in [-0.2, 0) is 6.54 Å².